The van der Waals surface area contributed by atoms with E-state index in [9.17, 15) is 9.59 Å². The van der Waals surface area contributed by atoms with Gasteiger partial charge in [0.15, 0.2) is 0 Å². The third-order valence-corrected chi connectivity index (χ3v) is 5.68. The Morgan fingerprint density at radius 3 is 2.17 bits per heavy atom. The molecule has 4 nitrogen and oxygen atoms in total. The number of rotatable bonds is 1. The van der Waals surface area contributed by atoms with Crippen LogP contribution in [0.5, 0.6) is 0 Å². The van der Waals surface area contributed by atoms with Crippen LogP contribution in [0.25, 0.3) is 0 Å². The molecule has 122 valence electrons. The van der Waals surface area contributed by atoms with Gasteiger partial charge in [0.1, 0.15) is 10.3 Å². The predicted octanol–water partition coefficient (Wildman–Crippen LogP) is 3.60. The molecule has 2 aliphatic rings. The second-order valence-electron chi connectivity index (χ2n) is 6.24. The lowest BCUT2D eigenvalue weighted by Gasteiger charge is -2.26. The first kappa shape index (κ1) is 15.6. The number of pyridine rings is 1. The highest BCUT2D eigenvalue weighted by Gasteiger charge is 2.50. The lowest BCUT2D eigenvalue weighted by atomic mass is 9.76. The number of anilines is 1. The Kier molecular flexibility index (Phi) is 3.62. The first-order valence-electron chi connectivity index (χ1n) is 7.75. The van der Waals surface area contributed by atoms with Crippen LogP contribution in [0.2, 0.25) is 10.3 Å². The number of fused-ring (bicyclic) bond motifs is 2. The summed E-state index contributed by atoms with van der Waals surface area (Å²) in [6, 6.07) is 9.04. The molecule has 1 fully saturated rings. The summed E-state index contributed by atoms with van der Waals surface area (Å²) in [6.45, 7) is 1.88. The van der Waals surface area contributed by atoms with E-state index >= 15 is 0 Å². The van der Waals surface area contributed by atoms with E-state index in [1.807, 2.05) is 25.1 Å². The van der Waals surface area contributed by atoms with Crippen LogP contribution in [-0.2, 0) is 22.4 Å². The largest absolute Gasteiger partial charge is 0.274 e. The van der Waals surface area contributed by atoms with Crippen molar-refractivity contribution in [2.75, 3.05) is 4.90 Å². The molecule has 1 aromatic heterocycles. The molecule has 0 unspecified atom stereocenters. The monoisotopic (exact) mass is 360 g/mol. The molecule has 2 heterocycles. The number of hydrogen-bond acceptors (Lipinski definition) is 3. The number of carbonyl (C=O) groups is 2. The summed E-state index contributed by atoms with van der Waals surface area (Å²) in [5.74, 6) is -1.06. The molecule has 0 spiro atoms. The summed E-state index contributed by atoms with van der Waals surface area (Å²) >= 11 is 12.4. The van der Waals surface area contributed by atoms with E-state index < -0.39 is 0 Å². The Bertz CT molecular complexity index is 867. The maximum absolute atomic E-state index is 12.9. The van der Waals surface area contributed by atoms with Gasteiger partial charge in [0, 0.05) is 0 Å². The van der Waals surface area contributed by atoms with Gasteiger partial charge in [0.25, 0.3) is 0 Å². The number of benzene rings is 1. The molecule has 24 heavy (non-hydrogen) atoms. The zero-order chi connectivity index (χ0) is 17.0. The third kappa shape index (κ3) is 2.17. The molecule has 2 atom stereocenters. The fourth-order valence-corrected chi connectivity index (χ4v) is 4.23. The molecule has 2 aromatic rings. The fraction of sp³-hybridized carbons (Fsp3) is 0.278. The molecule has 1 aliphatic carbocycles. The van der Waals surface area contributed by atoms with Gasteiger partial charge >= 0.3 is 0 Å². The second kappa shape index (κ2) is 5.57. The van der Waals surface area contributed by atoms with Gasteiger partial charge in [-0.1, -0.05) is 41.4 Å². The number of para-hydroxylation sites is 1. The minimum absolute atomic E-state index is 0.148. The molecule has 0 bridgehead atoms. The van der Waals surface area contributed by atoms with Crippen molar-refractivity contribution in [3.05, 3.63) is 57.3 Å². The highest BCUT2D eigenvalue weighted by molar-refractivity contribution is 6.33. The van der Waals surface area contributed by atoms with E-state index in [-0.39, 0.29) is 23.7 Å². The number of carbonyl (C=O) groups excluding carboxylic acids is 2. The molecule has 0 saturated carbocycles. The van der Waals surface area contributed by atoms with Crippen molar-refractivity contribution in [1.82, 2.24) is 4.98 Å². The van der Waals surface area contributed by atoms with Gasteiger partial charge in [-0.15, -0.1) is 0 Å². The SMILES string of the molecule is Cc1c(Cl)nc(Cl)c2c1C[C@H]1C(=O)N(c3ccccc3)C(=O)[C@H]1C2. The van der Waals surface area contributed by atoms with Crippen LogP contribution in [0.3, 0.4) is 0 Å². The van der Waals surface area contributed by atoms with E-state index in [4.69, 9.17) is 23.2 Å². The van der Waals surface area contributed by atoms with E-state index in [1.54, 1.807) is 12.1 Å². The third-order valence-electron chi connectivity index (χ3n) is 5.00. The van der Waals surface area contributed by atoms with Gasteiger partial charge in [0.2, 0.25) is 11.8 Å². The molecule has 6 heteroatoms. The van der Waals surface area contributed by atoms with Crippen molar-refractivity contribution in [2.45, 2.75) is 19.8 Å². The minimum atomic E-state index is -0.384. The van der Waals surface area contributed by atoms with Crippen LogP contribution in [0, 0.1) is 18.8 Å². The minimum Gasteiger partial charge on any atom is -0.274 e. The van der Waals surface area contributed by atoms with Crippen molar-refractivity contribution in [3.63, 3.8) is 0 Å². The fourth-order valence-electron chi connectivity index (χ4n) is 3.71. The number of hydrogen-bond donors (Lipinski definition) is 0. The number of amides is 2. The van der Waals surface area contributed by atoms with E-state index in [0.717, 1.165) is 16.7 Å². The highest BCUT2D eigenvalue weighted by Crippen LogP contribution is 2.42. The zero-order valence-corrected chi connectivity index (χ0v) is 14.4. The van der Waals surface area contributed by atoms with Crippen LogP contribution in [-0.4, -0.2) is 16.8 Å². The number of imide groups is 1. The van der Waals surface area contributed by atoms with E-state index in [0.29, 0.717) is 28.8 Å². The molecule has 2 amide bonds. The Morgan fingerprint density at radius 1 is 0.958 bits per heavy atom. The quantitative estimate of drug-likeness (QED) is 0.576. The van der Waals surface area contributed by atoms with Crippen molar-refractivity contribution < 1.29 is 9.59 Å². The van der Waals surface area contributed by atoms with Gasteiger partial charge in [-0.25, -0.2) is 4.98 Å². The van der Waals surface area contributed by atoms with E-state index in [1.165, 1.54) is 4.90 Å². The average molecular weight is 361 g/mol. The highest BCUT2D eigenvalue weighted by atomic mass is 35.5. The predicted molar refractivity (Wildman–Crippen MR) is 92.3 cm³/mol. The van der Waals surface area contributed by atoms with Crippen molar-refractivity contribution in [3.8, 4) is 0 Å². The van der Waals surface area contributed by atoms with Crippen LogP contribution in [0.4, 0.5) is 5.69 Å². The normalized spacial score (nSPS) is 22.5. The van der Waals surface area contributed by atoms with Gasteiger partial charge < -0.3 is 0 Å². The summed E-state index contributed by atoms with van der Waals surface area (Å²) in [5.41, 5.74) is 3.26. The lowest BCUT2D eigenvalue weighted by Crippen LogP contribution is -2.30. The van der Waals surface area contributed by atoms with Gasteiger partial charge in [-0.3, -0.25) is 14.5 Å². The Hall–Kier alpha value is -1.91. The molecule has 0 radical (unpaired) electrons. The average Bonchev–Trinajstić information content (AvgIpc) is 2.83. The Morgan fingerprint density at radius 2 is 1.54 bits per heavy atom. The smallest absolute Gasteiger partial charge is 0.238 e. The summed E-state index contributed by atoms with van der Waals surface area (Å²) in [7, 11) is 0. The van der Waals surface area contributed by atoms with Crippen LogP contribution in [0.15, 0.2) is 30.3 Å². The first-order valence-corrected chi connectivity index (χ1v) is 8.51. The lowest BCUT2D eigenvalue weighted by molar-refractivity contribution is -0.122. The summed E-state index contributed by atoms with van der Waals surface area (Å²) in [5, 5.41) is 0.686. The van der Waals surface area contributed by atoms with Gasteiger partial charge in [-0.05, 0) is 48.6 Å². The molecule has 1 aliphatic heterocycles. The summed E-state index contributed by atoms with van der Waals surface area (Å²) in [6.07, 6.45) is 0.902. The van der Waals surface area contributed by atoms with Crippen LogP contribution >= 0.6 is 23.2 Å². The van der Waals surface area contributed by atoms with Gasteiger partial charge in [-0.2, -0.15) is 0 Å². The molecule has 1 saturated heterocycles. The maximum atomic E-state index is 12.9. The second-order valence-corrected chi connectivity index (χ2v) is 6.96. The summed E-state index contributed by atoms with van der Waals surface area (Å²) in [4.78, 5) is 31.2. The maximum Gasteiger partial charge on any atom is 0.238 e. The Balaban J connectivity index is 1.77. The van der Waals surface area contributed by atoms with Gasteiger partial charge in [0.05, 0.1) is 17.5 Å². The topological polar surface area (TPSA) is 50.3 Å². The first-order chi connectivity index (χ1) is 11.5. The number of aromatic nitrogens is 1. The molecule has 4 rings (SSSR count). The molecular weight excluding hydrogens is 347 g/mol. The Labute approximate surface area is 149 Å². The number of nitrogens with zero attached hydrogens (tertiary/aromatic N) is 2. The zero-order valence-electron chi connectivity index (χ0n) is 12.9. The van der Waals surface area contributed by atoms with E-state index in [2.05, 4.69) is 4.98 Å². The van der Waals surface area contributed by atoms with Crippen LogP contribution in [0.1, 0.15) is 16.7 Å². The molecule has 1 aromatic carbocycles. The van der Waals surface area contributed by atoms with Crippen molar-refractivity contribution >= 4 is 40.7 Å². The summed E-state index contributed by atoms with van der Waals surface area (Å²) < 4.78 is 0. The molecular formula is C18H14Cl2N2O2. The van der Waals surface area contributed by atoms with Crippen LogP contribution < -0.4 is 4.90 Å². The number of halogens is 2. The van der Waals surface area contributed by atoms with Crippen molar-refractivity contribution in [1.29, 1.82) is 0 Å². The van der Waals surface area contributed by atoms with Crippen molar-refractivity contribution in [2.24, 2.45) is 11.8 Å². The molecule has 0 N–H and O–H groups in total. The standard InChI is InChI=1S/C18H14Cl2N2O2/c1-9-11-7-13-14(8-12(11)16(20)21-15(9)19)18(24)22(17(13)23)10-5-3-2-4-6-10/h2-6,13-14H,7-8H2,1H3/t13-,14+/m1/s1.